The predicted molar refractivity (Wildman–Crippen MR) is 82.8 cm³/mol. The fourth-order valence-electron chi connectivity index (χ4n) is 3.05. The van der Waals surface area contributed by atoms with Crippen LogP contribution in [0.1, 0.15) is 51.3 Å². The Morgan fingerprint density at radius 3 is 2.35 bits per heavy atom. The summed E-state index contributed by atoms with van der Waals surface area (Å²) >= 11 is 0. The van der Waals surface area contributed by atoms with Crippen molar-refractivity contribution in [2.24, 2.45) is 5.84 Å². The maximum atomic E-state index is 14.2. The molecule has 0 aromatic heterocycles. The zero-order valence-corrected chi connectivity index (χ0v) is 13.3. The minimum absolute atomic E-state index is 0.203. The number of likely N-dealkylation sites (N-methyl/N-ethyl adjacent to an activating group) is 1. The van der Waals surface area contributed by atoms with Crippen LogP contribution in [0.3, 0.4) is 0 Å². The summed E-state index contributed by atoms with van der Waals surface area (Å²) in [5.74, 6) is 5.59. The van der Waals surface area contributed by atoms with Gasteiger partial charge in [0.2, 0.25) is 0 Å². The van der Waals surface area contributed by atoms with Gasteiger partial charge in [0.15, 0.2) is 0 Å². The van der Waals surface area contributed by atoms with Gasteiger partial charge in [0.1, 0.15) is 5.82 Å². The van der Waals surface area contributed by atoms with Crippen LogP contribution in [0.4, 0.5) is 4.39 Å². The molecule has 3 N–H and O–H groups in total. The van der Waals surface area contributed by atoms with E-state index in [1.807, 2.05) is 13.0 Å². The largest absolute Gasteiger partial charge is 0.297 e. The van der Waals surface area contributed by atoms with Gasteiger partial charge in [-0.1, -0.05) is 38.5 Å². The van der Waals surface area contributed by atoms with E-state index in [4.69, 9.17) is 5.84 Å². The van der Waals surface area contributed by atoms with E-state index in [-0.39, 0.29) is 17.4 Å². The molecule has 4 heteroatoms. The van der Waals surface area contributed by atoms with Crippen molar-refractivity contribution < 1.29 is 4.39 Å². The highest BCUT2D eigenvalue weighted by atomic mass is 19.1. The van der Waals surface area contributed by atoms with Crippen LogP contribution in [0.15, 0.2) is 18.2 Å². The van der Waals surface area contributed by atoms with E-state index >= 15 is 0 Å². The third-order valence-corrected chi connectivity index (χ3v) is 4.45. The van der Waals surface area contributed by atoms with Crippen LogP contribution in [0.5, 0.6) is 0 Å². The molecule has 2 unspecified atom stereocenters. The number of aryl methyl sites for hydroxylation is 1. The van der Waals surface area contributed by atoms with E-state index in [1.54, 1.807) is 6.07 Å². The topological polar surface area (TPSA) is 41.3 Å². The fraction of sp³-hybridized carbons (Fsp3) is 0.625. The molecule has 0 amide bonds. The zero-order chi connectivity index (χ0) is 15.3. The quantitative estimate of drug-likeness (QED) is 0.596. The van der Waals surface area contributed by atoms with Gasteiger partial charge >= 0.3 is 0 Å². The molecular formula is C16H28FN3. The van der Waals surface area contributed by atoms with E-state index in [2.05, 4.69) is 38.0 Å². The molecule has 0 spiro atoms. The highest BCUT2D eigenvalue weighted by molar-refractivity contribution is 5.29. The van der Waals surface area contributed by atoms with Gasteiger partial charge in [-0.2, -0.15) is 0 Å². The summed E-state index contributed by atoms with van der Waals surface area (Å²) in [6, 6.07) is 4.95. The summed E-state index contributed by atoms with van der Waals surface area (Å²) in [6.45, 7) is 12.3. The molecule has 0 bridgehead atoms. The second-order valence-electron chi connectivity index (χ2n) is 5.51. The summed E-state index contributed by atoms with van der Waals surface area (Å²) in [5.41, 5.74) is 4.30. The van der Waals surface area contributed by atoms with Crippen LogP contribution in [0.2, 0.25) is 0 Å². The smallest absolute Gasteiger partial charge is 0.128 e. The molecule has 0 aliphatic heterocycles. The summed E-state index contributed by atoms with van der Waals surface area (Å²) in [4.78, 5) is 2.33. The van der Waals surface area contributed by atoms with Crippen molar-refractivity contribution in [3.05, 3.63) is 35.1 Å². The fourth-order valence-corrected chi connectivity index (χ4v) is 3.05. The van der Waals surface area contributed by atoms with Gasteiger partial charge in [-0.05, 0) is 39.4 Å². The first-order chi connectivity index (χ1) is 9.44. The first-order valence-corrected chi connectivity index (χ1v) is 7.41. The Morgan fingerprint density at radius 2 is 1.90 bits per heavy atom. The minimum Gasteiger partial charge on any atom is -0.297 e. The molecule has 0 fully saturated rings. The van der Waals surface area contributed by atoms with E-state index in [0.717, 1.165) is 25.1 Å². The molecule has 1 rings (SSSR count). The highest BCUT2D eigenvalue weighted by Gasteiger charge is 2.38. The van der Waals surface area contributed by atoms with E-state index < -0.39 is 0 Å². The van der Waals surface area contributed by atoms with Gasteiger partial charge in [0.25, 0.3) is 0 Å². The molecule has 0 aliphatic carbocycles. The van der Waals surface area contributed by atoms with Crippen molar-refractivity contribution in [3.63, 3.8) is 0 Å². The predicted octanol–water partition coefficient (Wildman–Crippen LogP) is 3.15. The number of benzene rings is 1. The van der Waals surface area contributed by atoms with Crippen molar-refractivity contribution in [1.29, 1.82) is 0 Å². The van der Waals surface area contributed by atoms with Gasteiger partial charge in [0.05, 0.1) is 6.04 Å². The molecule has 0 saturated heterocycles. The second-order valence-corrected chi connectivity index (χ2v) is 5.51. The van der Waals surface area contributed by atoms with Gasteiger partial charge in [-0.15, -0.1) is 0 Å². The molecule has 1 aromatic carbocycles. The first kappa shape index (κ1) is 17.1. The lowest BCUT2D eigenvalue weighted by atomic mass is 9.82. The number of hydrazine groups is 1. The Labute approximate surface area is 122 Å². The summed E-state index contributed by atoms with van der Waals surface area (Å²) < 4.78 is 14.2. The van der Waals surface area contributed by atoms with Crippen molar-refractivity contribution in [2.75, 3.05) is 13.1 Å². The minimum atomic E-state index is -0.243. The standard InChI is InChI=1S/C16H28FN3/c1-6-16(5,20(7-2)8-3)15(19-18)13-11-12(4)9-10-14(13)17/h9-11,15,19H,6-8,18H2,1-5H3. The Bertz CT molecular complexity index is 432. The summed E-state index contributed by atoms with van der Waals surface area (Å²) in [6.07, 6.45) is 0.886. The average Bonchev–Trinajstić information content (AvgIpc) is 2.44. The van der Waals surface area contributed by atoms with Gasteiger partial charge in [-0.25, -0.2) is 4.39 Å². The van der Waals surface area contributed by atoms with Gasteiger partial charge < -0.3 is 0 Å². The second kappa shape index (κ2) is 7.16. The third-order valence-electron chi connectivity index (χ3n) is 4.45. The van der Waals surface area contributed by atoms with Gasteiger partial charge in [-0.3, -0.25) is 16.2 Å². The molecule has 20 heavy (non-hydrogen) atoms. The molecular weight excluding hydrogens is 253 g/mol. The number of rotatable bonds is 7. The van der Waals surface area contributed by atoms with E-state index in [0.29, 0.717) is 5.56 Å². The lowest BCUT2D eigenvalue weighted by Gasteiger charge is -2.45. The maximum Gasteiger partial charge on any atom is 0.128 e. The Hall–Kier alpha value is -0.970. The van der Waals surface area contributed by atoms with Crippen molar-refractivity contribution in [1.82, 2.24) is 10.3 Å². The maximum absolute atomic E-state index is 14.2. The van der Waals surface area contributed by atoms with Crippen LogP contribution < -0.4 is 11.3 Å². The Balaban J connectivity index is 3.31. The van der Waals surface area contributed by atoms with Crippen LogP contribution in [0, 0.1) is 12.7 Å². The van der Waals surface area contributed by atoms with Crippen molar-refractivity contribution in [3.8, 4) is 0 Å². The zero-order valence-electron chi connectivity index (χ0n) is 13.3. The van der Waals surface area contributed by atoms with Crippen molar-refractivity contribution in [2.45, 2.75) is 52.6 Å². The molecule has 0 aliphatic rings. The summed E-state index contributed by atoms with van der Waals surface area (Å²) in [7, 11) is 0. The molecule has 114 valence electrons. The number of hydrogen-bond donors (Lipinski definition) is 2. The van der Waals surface area contributed by atoms with Crippen LogP contribution in [-0.4, -0.2) is 23.5 Å². The number of halogens is 1. The molecule has 2 atom stereocenters. The van der Waals surface area contributed by atoms with Crippen LogP contribution >= 0.6 is 0 Å². The van der Waals surface area contributed by atoms with E-state index in [9.17, 15) is 4.39 Å². The van der Waals surface area contributed by atoms with Crippen molar-refractivity contribution >= 4 is 0 Å². The lowest BCUT2D eigenvalue weighted by Crippen LogP contribution is -2.56. The molecule has 0 heterocycles. The van der Waals surface area contributed by atoms with Crippen LogP contribution in [0.25, 0.3) is 0 Å². The Kier molecular flexibility index (Phi) is 6.11. The summed E-state index contributed by atoms with van der Waals surface area (Å²) in [5, 5.41) is 0. The SMILES string of the molecule is CCN(CC)C(C)(CC)C(NN)c1cc(C)ccc1F. The third kappa shape index (κ3) is 3.19. The lowest BCUT2D eigenvalue weighted by molar-refractivity contribution is 0.0684. The number of hydrogen-bond acceptors (Lipinski definition) is 3. The van der Waals surface area contributed by atoms with Crippen LogP contribution in [-0.2, 0) is 0 Å². The first-order valence-electron chi connectivity index (χ1n) is 7.41. The number of nitrogens with one attached hydrogen (secondary N) is 1. The molecule has 0 radical (unpaired) electrons. The molecule has 3 nitrogen and oxygen atoms in total. The highest BCUT2D eigenvalue weighted by Crippen LogP contribution is 2.35. The molecule has 1 aromatic rings. The Morgan fingerprint density at radius 1 is 1.30 bits per heavy atom. The monoisotopic (exact) mass is 281 g/mol. The normalized spacial score (nSPS) is 16.2. The van der Waals surface area contributed by atoms with E-state index in [1.165, 1.54) is 6.07 Å². The van der Waals surface area contributed by atoms with Gasteiger partial charge in [0, 0.05) is 11.1 Å². The number of nitrogens with zero attached hydrogens (tertiary/aromatic N) is 1. The number of nitrogens with two attached hydrogens (primary N) is 1. The average molecular weight is 281 g/mol. The molecule has 0 saturated carbocycles.